The van der Waals surface area contributed by atoms with Gasteiger partial charge in [0.1, 0.15) is 23.0 Å². The zero-order valence-corrected chi connectivity index (χ0v) is 10.2. The van der Waals surface area contributed by atoms with Gasteiger partial charge in [0.25, 0.3) is 6.01 Å². The van der Waals surface area contributed by atoms with Gasteiger partial charge in [0.2, 0.25) is 0 Å². The van der Waals surface area contributed by atoms with Gasteiger partial charge < -0.3 is 15.5 Å². The normalized spacial score (nSPS) is 10.4. The van der Waals surface area contributed by atoms with Gasteiger partial charge in [0, 0.05) is 11.8 Å². The van der Waals surface area contributed by atoms with Crippen molar-refractivity contribution in [3.63, 3.8) is 0 Å². The van der Waals surface area contributed by atoms with E-state index < -0.39 is 5.82 Å². The van der Waals surface area contributed by atoms with Crippen molar-refractivity contribution in [2.24, 2.45) is 0 Å². The number of fused-ring (bicyclic) bond motifs is 1. The third-order valence-electron chi connectivity index (χ3n) is 2.78. The first kappa shape index (κ1) is 12.0. The van der Waals surface area contributed by atoms with Gasteiger partial charge in [-0.05, 0) is 24.3 Å². The van der Waals surface area contributed by atoms with Crippen molar-refractivity contribution < 1.29 is 8.81 Å². The second-order valence-corrected chi connectivity index (χ2v) is 4.15. The number of rotatable bonds is 2. The van der Waals surface area contributed by atoms with Gasteiger partial charge in [0.05, 0.1) is 5.69 Å². The predicted molar refractivity (Wildman–Crippen MR) is 72.8 cm³/mol. The van der Waals surface area contributed by atoms with Gasteiger partial charge in [-0.3, -0.25) is 0 Å². The lowest BCUT2D eigenvalue weighted by Crippen LogP contribution is -1.95. The summed E-state index contributed by atoms with van der Waals surface area (Å²) in [6, 6.07) is 11.3. The van der Waals surface area contributed by atoms with Gasteiger partial charge in [-0.1, -0.05) is 6.07 Å². The maximum absolute atomic E-state index is 13.5. The van der Waals surface area contributed by atoms with Crippen LogP contribution in [0.15, 0.2) is 40.8 Å². The molecule has 3 N–H and O–H groups in total. The average molecular weight is 268 g/mol. The molecule has 5 nitrogen and oxygen atoms in total. The minimum atomic E-state index is -0.599. The Morgan fingerprint density at radius 2 is 2.15 bits per heavy atom. The standard InChI is InChI=1S/C14H9FN4O/c15-10-2-1-3-11(9(10)7-16)18-14-19-12-5-4-8(17)6-13(12)20-14/h1-6H,17H2,(H,18,19). The van der Waals surface area contributed by atoms with Crippen molar-refractivity contribution in [2.45, 2.75) is 0 Å². The Morgan fingerprint density at radius 1 is 1.30 bits per heavy atom. The van der Waals surface area contributed by atoms with E-state index in [0.29, 0.717) is 22.5 Å². The summed E-state index contributed by atoms with van der Waals surface area (Å²) < 4.78 is 18.9. The highest BCUT2D eigenvalue weighted by Gasteiger charge is 2.11. The number of nitriles is 1. The van der Waals surface area contributed by atoms with Crippen LogP contribution in [0.25, 0.3) is 11.1 Å². The summed E-state index contributed by atoms with van der Waals surface area (Å²) in [7, 11) is 0. The number of hydrogen-bond donors (Lipinski definition) is 2. The molecular weight excluding hydrogens is 259 g/mol. The molecule has 0 atom stereocenters. The minimum absolute atomic E-state index is 0.0886. The molecule has 6 heteroatoms. The molecule has 1 aromatic heterocycles. The highest BCUT2D eigenvalue weighted by molar-refractivity contribution is 5.79. The summed E-state index contributed by atoms with van der Waals surface area (Å²) in [5, 5.41) is 11.7. The third kappa shape index (κ3) is 2.01. The number of nitrogen functional groups attached to an aromatic ring is 1. The van der Waals surface area contributed by atoms with Crippen molar-refractivity contribution in [2.75, 3.05) is 11.1 Å². The Kier molecular flexibility index (Phi) is 2.73. The topological polar surface area (TPSA) is 87.9 Å². The number of benzene rings is 2. The van der Waals surface area contributed by atoms with E-state index in [0.717, 1.165) is 0 Å². The second-order valence-electron chi connectivity index (χ2n) is 4.15. The molecule has 2 aromatic carbocycles. The molecule has 0 saturated heterocycles. The minimum Gasteiger partial charge on any atom is -0.423 e. The molecule has 0 aliphatic carbocycles. The number of aromatic nitrogens is 1. The molecule has 0 fully saturated rings. The monoisotopic (exact) mass is 268 g/mol. The predicted octanol–water partition coefficient (Wildman–Crippen LogP) is 3.16. The molecule has 98 valence electrons. The molecule has 0 bridgehead atoms. The van der Waals surface area contributed by atoms with E-state index in [1.54, 1.807) is 30.3 Å². The summed E-state index contributed by atoms with van der Waals surface area (Å²) in [4.78, 5) is 4.19. The van der Waals surface area contributed by atoms with Crippen molar-refractivity contribution in [1.29, 1.82) is 5.26 Å². The summed E-state index contributed by atoms with van der Waals surface area (Å²) >= 11 is 0. The Hall–Kier alpha value is -3.07. The van der Waals surface area contributed by atoms with E-state index in [2.05, 4.69) is 10.3 Å². The molecule has 0 unspecified atom stereocenters. The molecule has 0 radical (unpaired) electrons. The number of nitrogens with zero attached hydrogens (tertiary/aromatic N) is 2. The van der Waals surface area contributed by atoms with E-state index in [4.69, 9.17) is 15.4 Å². The Bertz CT molecular complexity index is 835. The highest BCUT2D eigenvalue weighted by atomic mass is 19.1. The zero-order chi connectivity index (χ0) is 14.1. The van der Waals surface area contributed by atoms with E-state index in [-0.39, 0.29) is 11.6 Å². The SMILES string of the molecule is N#Cc1c(F)cccc1Nc1nc2ccc(N)cc2o1. The van der Waals surface area contributed by atoms with Crippen LogP contribution in [0.3, 0.4) is 0 Å². The van der Waals surface area contributed by atoms with Crippen LogP contribution < -0.4 is 11.1 Å². The molecule has 0 saturated carbocycles. The Labute approximate surface area is 113 Å². The highest BCUT2D eigenvalue weighted by Crippen LogP contribution is 2.26. The lowest BCUT2D eigenvalue weighted by molar-refractivity contribution is 0.618. The fraction of sp³-hybridized carbons (Fsp3) is 0. The van der Waals surface area contributed by atoms with E-state index >= 15 is 0 Å². The first-order chi connectivity index (χ1) is 9.67. The van der Waals surface area contributed by atoms with Crippen LogP contribution in [-0.4, -0.2) is 4.98 Å². The largest absolute Gasteiger partial charge is 0.423 e. The first-order valence-corrected chi connectivity index (χ1v) is 5.79. The number of halogens is 1. The molecule has 1 heterocycles. The Morgan fingerprint density at radius 3 is 2.95 bits per heavy atom. The quantitative estimate of drug-likeness (QED) is 0.697. The molecule has 3 aromatic rings. The molecule has 0 aliphatic heterocycles. The van der Waals surface area contributed by atoms with Crippen molar-refractivity contribution in [1.82, 2.24) is 4.98 Å². The van der Waals surface area contributed by atoms with Gasteiger partial charge in [-0.25, -0.2) is 4.39 Å². The fourth-order valence-electron chi connectivity index (χ4n) is 1.85. The van der Waals surface area contributed by atoms with Gasteiger partial charge >= 0.3 is 0 Å². The maximum Gasteiger partial charge on any atom is 0.300 e. The molecular formula is C14H9FN4O. The molecule has 0 spiro atoms. The van der Waals surface area contributed by atoms with Crippen LogP contribution in [-0.2, 0) is 0 Å². The van der Waals surface area contributed by atoms with Gasteiger partial charge in [0.15, 0.2) is 5.58 Å². The van der Waals surface area contributed by atoms with E-state index in [9.17, 15) is 4.39 Å². The fourth-order valence-corrected chi connectivity index (χ4v) is 1.85. The second kappa shape index (κ2) is 4.55. The van der Waals surface area contributed by atoms with Gasteiger partial charge in [-0.15, -0.1) is 0 Å². The number of nitrogens with one attached hydrogen (secondary N) is 1. The average Bonchev–Trinajstić information content (AvgIpc) is 2.80. The molecule has 0 amide bonds. The third-order valence-corrected chi connectivity index (χ3v) is 2.78. The van der Waals surface area contributed by atoms with Crippen molar-refractivity contribution in [3.05, 3.63) is 47.8 Å². The smallest absolute Gasteiger partial charge is 0.300 e. The van der Waals surface area contributed by atoms with Crippen molar-refractivity contribution >= 4 is 28.5 Å². The number of anilines is 3. The van der Waals surface area contributed by atoms with E-state index in [1.807, 2.05) is 0 Å². The van der Waals surface area contributed by atoms with Crippen LogP contribution in [0.1, 0.15) is 5.56 Å². The van der Waals surface area contributed by atoms with Crippen molar-refractivity contribution in [3.8, 4) is 6.07 Å². The molecule has 0 aliphatic rings. The Balaban J connectivity index is 2.02. The zero-order valence-electron chi connectivity index (χ0n) is 10.2. The maximum atomic E-state index is 13.5. The summed E-state index contributed by atoms with van der Waals surface area (Å²) in [6.45, 7) is 0. The number of hydrogen-bond acceptors (Lipinski definition) is 5. The van der Waals surface area contributed by atoms with Crippen LogP contribution >= 0.6 is 0 Å². The van der Waals surface area contributed by atoms with Crippen LogP contribution in [0.5, 0.6) is 0 Å². The molecule has 3 rings (SSSR count). The lowest BCUT2D eigenvalue weighted by Gasteiger charge is -2.03. The number of oxazole rings is 1. The first-order valence-electron chi connectivity index (χ1n) is 5.79. The van der Waals surface area contributed by atoms with Crippen LogP contribution in [0.4, 0.5) is 21.8 Å². The summed E-state index contributed by atoms with van der Waals surface area (Å²) in [5.74, 6) is -0.599. The van der Waals surface area contributed by atoms with Crippen LogP contribution in [0.2, 0.25) is 0 Å². The lowest BCUT2D eigenvalue weighted by atomic mass is 10.2. The summed E-state index contributed by atoms with van der Waals surface area (Å²) in [5.41, 5.74) is 7.56. The van der Waals surface area contributed by atoms with E-state index in [1.165, 1.54) is 12.1 Å². The molecule has 20 heavy (non-hydrogen) atoms. The summed E-state index contributed by atoms with van der Waals surface area (Å²) in [6.07, 6.45) is 0. The van der Waals surface area contributed by atoms with Crippen LogP contribution in [0, 0.1) is 17.1 Å². The van der Waals surface area contributed by atoms with Gasteiger partial charge in [-0.2, -0.15) is 10.2 Å². The number of nitrogens with two attached hydrogens (primary N) is 1.